The summed E-state index contributed by atoms with van der Waals surface area (Å²) < 4.78 is 0.550. The summed E-state index contributed by atoms with van der Waals surface area (Å²) in [5, 5.41) is 19.1. The van der Waals surface area contributed by atoms with Crippen LogP contribution in [0.5, 0.6) is 0 Å². The fourth-order valence-corrected chi connectivity index (χ4v) is 0.889. The van der Waals surface area contributed by atoms with Gasteiger partial charge >= 0.3 is 0 Å². The molecule has 0 radical (unpaired) electrons. The first kappa shape index (κ1) is 14.2. The highest BCUT2D eigenvalue weighted by Gasteiger charge is 2.14. The number of carbonyl (C=O) groups is 1. The highest BCUT2D eigenvalue weighted by molar-refractivity contribution is 5.85. The largest absolute Gasteiger partial charge is 0.550 e. The highest BCUT2D eigenvalue weighted by atomic mass is 35.5. The van der Waals surface area contributed by atoms with Gasteiger partial charge in [0.2, 0.25) is 0 Å². The van der Waals surface area contributed by atoms with Gasteiger partial charge in [0.25, 0.3) is 0 Å². The number of rotatable bonds is 4. The van der Waals surface area contributed by atoms with Crippen LogP contribution in [0.1, 0.15) is 6.42 Å². The fourth-order valence-electron chi connectivity index (χ4n) is 0.889. The number of carbonyl (C=O) groups excluding carboxylic acids is 1. The maximum Gasteiger partial charge on any atom is 0.108 e. The van der Waals surface area contributed by atoms with Gasteiger partial charge in [-0.1, -0.05) is 0 Å². The first-order valence-corrected chi connectivity index (χ1v) is 3.49. The Balaban J connectivity index is 0. The van der Waals surface area contributed by atoms with E-state index in [4.69, 9.17) is 5.11 Å². The molecule has 0 saturated heterocycles. The summed E-state index contributed by atoms with van der Waals surface area (Å²) in [6.07, 6.45) is -1.09. The Hall–Kier alpha value is -0.320. The van der Waals surface area contributed by atoms with Gasteiger partial charge in [-0.3, -0.25) is 0 Å². The summed E-state index contributed by atoms with van der Waals surface area (Å²) >= 11 is 0. The number of hydrogen-bond donors (Lipinski definition) is 1. The maximum absolute atomic E-state index is 10.0. The van der Waals surface area contributed by atoms with Gasteiger partial charge < -0.3 is 19.5 Å². The predicted molar refractivity (Wildman–Crippen MR) is 45.8 cm³/mol. The molecule has 0 aromatic rings. The van der Waals surface area contributed by atoms with Crippen LogP contribution in [0.4, 0.5) is 0 Å². The minimum atomic E-state index is -1.20. The lowest BCUT2D eigenvalue weighted by molar-refractivity contribution is -0.873. The molecule has 0 aliphatic carbocycles. The lowest BCUT2D eigenvalue weighted by Crippen LogP contribution is -2.43. The molecule has 0 rings (SSSR count). The van der Waals surface area contributed by atoms with Crippen molar-refractivity contribution >= 4 is 18.4 Å². The van der Waals surface area contributed by atoms with E-state index in [1.807, 2.05) is 21.1 Å². The van der Waals surface area contributed by atoms with Crippen LogP contribution in [-0.4, -0.2) is 49.4 Å². The quantitative estimate of drug-likeness (QED) is 0.447. The van der Waals surface area contributed by atoms with E-state index in [0.29, 0.717) is 11.0 Å². The van der Waals surface area contributed by atoms with Crippen LogP contribution in [0.25, 0.3) is 0 Å². The van der Waals surface area contributed by atoms with Gasteiger partial charge in [0.1, 0.15) is 12.6 Å². The van der Waals surface area contributed by atoms with Crippen molar-refractivity contribution in [2.24, 2.45) is 0 Å². The van der Waals surface area contributed by atoms with Crippen molar-refractivity contribution in [3.8, 4) is 0 Å². The topological polar surface area (TPSA) is 60.4 Å². The van der Waals surface area contributed by atoms with E-state index in [9.17, 15) is 9.90 Å². The molecule has 0 saturated carbocycles. The second kappa shape index (κ2) is 5.35. The van der Waals surface area contributed by atoms with Crippen LogP contribution in [0.2, 0.25) is 0 Å². The van der Waals surface area contributed by atoms with Crippen LogP contribution >= 0.6 is 12.4 Å². The molecular formula is C7H16ClNO3. The molecule has 0 bridgehead atoms. The van der Waals surface area contributed by atoms with Gasteiger partial charge in [0, 0.05) is 12.4 Å². The molecule has 0 aromatic heterocycles. The minimum Gasteiger partial charge on any atom is -0.550 e. The van der Waals surface area contributed by atoms with Crippen molar-refractivity contribution in [3.05, 3.63) is 0 Å². The van der Waals surface area contributed by atoms with Crippen molar-refractivity contribution in [2.45, 2.75) is 12.5 Å². The number of carboxylic acids is 1. The molecule has 0 aliphatic rings. The molecule has 1 N–H and O–H groups in total. The number of aliphatic hydroxyl groups is 1. The van der Waals surface area contributed by atoms with Gasteiger partial charge in [-0.15, -0.1) is 12.4 Å². The predicted octanol–water partition coefficient (Wildman–Crippen LogP) is -1.38. The maximum atomic E-state index is 10.0. The Morgan fingerprint density at radius 1 is 1.50 bits per heavy atom. The van der Waals surface area contributed by atoms with Crippen LogP contribution in [-0.2, 0) is 4.79 Å². The van der Waals surface area contributed by atoms with Gasteiger partial charge in [-0.2, -0.15) is 0 Å². The molecule has 0 amide bonds. The fraction of sp³-hybridized carbons (Fsp3) is 0.857. The number of likely N-dealkylation sites (N-methyl/N-ethyl adjacent to an activating group) is 1. The first-order chi connectivity index (χ1) is 4.81. The monoisotopic (exact) mass is 198 g/mol. The van der Waals surface area contributed by atoms with Crippen LogP contribution in [0.15, 0.2) is 0 Å². The summed E-state index contributed by atoms with van der Waals surface area (Å²) in [4.78, 5) is 10.0. The number of aliphatic carboxylic acids is 1. The Bertz CT molecular complexity index is 144. The molecule has 0 heterocycles. The lowest BCUT2D eigenvalue weighted by atomic mass is 10.2. The Kier molecular flexibility index (Phi) is 6.34. The van der Waals surface area contributed by atoms with E-state index < -0.39 is 12.1 Å². The molecule has 0 spiro atoms. The van der Waals surface area contributed by atoms with Crippen molar-refractivity contribution in [1.82, 2.24) is 0 Å². The molecule has 4 nitrogen and oxygen atoms in total. The summed E-state index contributed by atoms with van der Waals surface area (Å²) in [5.74, 6) is -1.20. The molecule has 12 heavy (non-hydrogen) atoms. The number of carboxylic acid groups (broad SMARTS) is 1. The molecular weight excluding hydrogens is 183 g/mol. The van der Waals surface area contributed by atoms with Gasteiger partial charge in [0.05, 0.1) is 21.1 Å². The molecule has 1 atom stereocenters. The molecule has 0 fully saturated rings. The number of quaternary nitrogens is 1. The second-order valence-electron chi connectivity index (χ2n) is 3.70. The van der Waals surface area contributed by atoms with Gasteiger partial charge in [-0.25, -0.2) is 0 Å². The normalized spacial score (nSPS) is 13.3. The Labute approximate surface area is 78.8 Å². The SMILES string of the molecule is C[N+](C)([13CH3])C[C@H](O)CC(=O)[O-].Cl. The van der Waals surface area contributed by atoms with Gasteiger partial charge in [-0.05, 0) is 0 Å². The third kappa shape index (κ3) is 9.68. The number of nitrogens with zero attached hydrogens (tertiary/aromatic N) is 1. The zero-order valence-electron chi connectivity index (χ0n) is 7.61. The average molecular weight is 199 g/mol. The van der Waals surface area contributed by atoms with E-state index in [-0.39, 0.29) is 18.8 Å². The van der Waals surface area contributed by atoms with Crippen molar-refractivity contribution in [1.29, 1.82) is 0 Å². The summed E-state index contributed by atoms with van der Waals surface area (Å²) in [6, 6.07) is 0. The van der Waals surface area contributed by atoms with E-state index in [2.05, 4.69) is 0 Å². The third-order valence-corrected chi connectivity index (χ3v) is 1.16. The summed E-state index contributed by atoms with van der Waals surface area (Å²) in [6.45, 7) is 0.425. The summed E-state index contributed by atoms with van der Waals surface area (Å²) in [5.41, 5.74) is 0. The number of halogens is 1. The zero-order chi connectivity index (χ0) is 9.07. The lowest BCUT2D eigenvalue weighted by Gasteiger charge is -2.26. The zero-order valence-corrected chi connectivity index (χ0v) is 8.43. The second-order valence-corrected chi connectivity index (χ2v) is 3.70. The van der Waals surface area contributed by atoms with E-state index in [1.165, 1.54) is 0 Å². The highest BCUT2D eigenvalue weighted by Crippen LogP contribution is 1.97. The Morgan fingerprint density at radius 3 is 2.17 bits per heavy atom. The average Bonchev–Trinajstić information content (AvgIpc) is 1.53. The molecule has 74 valence electrons. The van der Waals surface area contributed by atoms with E-state index in [1.54, 1.807) is 0 Å². The first-order valence-electron chi connectivity index (χ1n) is 3.49. The van der Waals surface area contributed by atoms with Crippen molar-refractivity contribution in [3.63, 3.8) is 0 Å². The van der Waals surface area contributed by atoms with Crippen molar-refractivity contribution in [2.75, 3.05) is 27.7 Å². The smallest absolute Gasteiger partial charge is 0.108 e. The molecule has 0 aromatic carbocycles. The van der Waals surface area contributed by atoms with Crippen LogP contribution in [0.3, 0.4) is 0 Å². The number of aliphatic hydroxyl groups excluding tert-OH is 1. The van der Waals surface area contributed by atoms with Crippen molar-refractivity contribution < 1.29 is 19.5 Å². The van der Waals surface area contributed by atoms with E-state index >= 15 is 0 Å². The summed E-state index contributed by atoms with van der Waals surface area (Å²) in [7, 11) is 5.66. The van der Waals surface area contributed by atoms with E-state index in [0.717, 1.165) is 0 Å². The van der Waals surface area contributed by atoms with Crippen LogP contribution in [0, 0.1) is 0 Å². The third-order valence-electron chi connectivity index (χ3n) is 1.16. The number of hydrogen-bond acceptors (Lipinski definition) is 3. The van der Waals surface area contributed by atoms with Gasteiger partial charge in [0.15, 0.2) is 0 Å². The molecule has 0 unspecified atom stereocenters. The Morgan fingerprint density at radius 2 is 1.92 bits per heavy atom. The minimum absolute atomic E-state index is 0. The molecule has 5 heteroatoms. The molecule has 0 aliphatic heterocycles. The standard InChI is InChI=1S/C7H15NO3.ClH/c1-8(2,3)5-6(9)4-7(10)11;/h6,9H,4-5H2,1-3H3;1H/t6-;/m1./s1/i1+1;. The van der Waals surface area contributed by atoms with Crippen LogP contribution < -0.4 is 5.11 Å².